The minimum Gasteiger partial charge on any atom is -0.481 e. The molecule has 1 aliphatic rings. The molecule has 0 N–H and O–H groups in total. The van der Waals surface area contributed by atoms with Crippen molar-refractivity contribution >= 4 is 65.5 Å². The van der Waals surface area contributed by atoms with Gasteiger partial charge >= 0.3 is 0 Å². The zero-order valence-corrected chi connectivity index (χ0v) is 35.8. The second kappa shape index (κ2) is 17.5. The van der Waals surface area contributed by atoms with Crippen LogP contribution in [0.15, 0.2) is 33.9 Å². The van der Waals surface area contributed by atoms with Gasteiger partial charge in [-0.25, -0.2) is 0 Å². The Morgan fingerprint density at radius 3 is 1.85 bits per heavy atom. The lowest BCUT2D eigenvalue weighted by atomic mass is 9.74. The van der Waals surface area contributed by atoms with Crippen LogP contribution in [-0.4, -0.2) is 4.57 Å². The molecule has 52 heavy (non-hydrogen) atoms. The SMILES string of the molecule is CCCCCCCn1c(=O)c2cc(C)sc2c2sc(-c3cc4c(s3)-c3sc(C)cc3C(CC(CC)CCCC)(CC(CC)CCCC)O4)cc2c1=O. The second-order valence-electron chi connectivity index (χ2n) is 15.4. The topological polar surface area (TPSA) is 48.3 Å². The number of ether oxygens (including phenoxy) is 1. The standard InChI is InChI=1S/C44H59NO3S4/c1-8-13-16-17-18-21-45-42(46)32-22-28(6)49-38(32)39-33(43(45)47)24-36(51-39)37-25-35-41(52-37)40-34(23-29(7)50-40)44(48-35,26-30(11-4)19-14-9-2)27-31(12-5)20-15-10-3/h22-25,30-31H,8-21,26-27H2,1-7H3. The highest BCUT2D eigenvalue weighted by Crippen LogP contribution is 2.58. The van der Waals surface area contributed by atoms with Gasteiger partial charge in [0.15, 0.2) is 0 Å². The van der Waals surface area contributed by atoms with Crippen LogP contribution in [0.25, 0.3) is 39.7 Å². The number of hydrogen-bond donors (Lipinski definition) is 0. The number of rotatable bonds is 19. The Morgan fingerprint density at radius 1 is 0.635 bits per heavy atom. The van der Waals surface area contributed by atoms with Gasteiger partial charge in [-0.15, -0.1) is 45.3 Å². The summed E-state index contributed by atoms with van der Waals surface area (Å²) in [6, 6.07) is 8.78. The lowest BCUT2D eigenvalue weighted by Gasteiger charge is -2.42. The molecule has 0 radical (unpaired) electrons. The number of nitrogens with zero attached hydrogens (tertiary/aromatic N) is 1. The molecular formula is C44H59NO3S4. The van der Waals surface area contributed by atoms with Gasteiger partial charge in [-0.1, -0.05) is 112 Å². The Bertz CT molecular complexity index is 2070. The molecule has 0 fully saturated rings. The largest absolute Gasteiger partial charge is 0.481 e. The molecule has 0 saturated heterocycles. The van der Waals surface area contributed by atoms with E-state index in [1.54, 1.807) is 22.7 Å². The summed E-state index contributed by atoms with van der Waals surface area (Å²) in [5.74, 6) is 2.25. The molecule has 5 aromatic heterocycles. The maximum Gasteiger partial charge on any atom is 0.262 e. The first kappa shape index (κ1) is 39.4. The molecule has 0 aliphatic carbocycles. The van der Waals surface area contributed by atoms with Gasteiger partial charge in [-0.3, -0.25) is 14.2 Å². The van der Waals surface area contributed by atoms with Crippen LogP contribution in [0.4, 0.5) is 0 Å². The number of fused-ring (bicyclic) bond motifs is 6. The Hall–Kier alpha value is -2.26. The highest BCUT2D eigenvalue weighted by Gasteiger charge is 2.45. The van der Waals surface area contributed by atoms with Crippen molar-refractivity contribution < 1.29 is 4.74 Å². The van der Waals surface area contributed by atoms with Crippen LogP contribution < -0.4 is 15.9 Å². The number of hydrogen-bond acceptors (Lipinski definition) is 7. The van der Waals surface area contributed by atoms with E-state index in [0.717, 1.165) is 61.9 Å². The normalized spacial score (nSPS) is 16.7. The zero-order valence-electron chi connectivity index (χ0n) is 32.6. The van der Waals surface area contributed by atoms with E-state index in [9.17, 15) is 9.59 Å². The van der Waals surface area contributed by atoms with Crippen molar-refractivity contribution in [2.75, 3.05) is 0 Å². The summed E-state index contributed by atoms with van der Waals surface area (Å²) >= 11 is 7.03. The molecule has 0 spiro atoms. The van der Waals surface area contributed by atoms with E-state index in [1.165, 1.54) is 89.0 Å². The zero-order chi connectivity index (χ0) is 37.0. The third kappa shape index (κ3) is 8.06. The quantitative estimate of drug-likeness (QED) is 0.0785. The molecule has 6 rings (SSSR count). The van der Waals surface area contributed by atoms with Crippen molar-refractivity contribution in [1.29, 1.82) is 0 Å². The molecule has 282 valence electrons. The third-order valence-corrected chi connectivity index (χ3v) is 16.2. The molecule has 2 atom stereocenters. The first-order valence-corrected chi connectivity index (χ1v) is 23.5. The summed E-state index contributed by atoms with van der Waals surface area (Å²) in [5.41, 5.74) is 0.778. The molecule has 4 nitrogen and oxygen atoms in total. The molecule has 0 bridgehead atoms. The van der Waals surface area contributed by atoms with E-state index in [2.05, 4.69) is 66.7 Å². The van der Waals surface area contributed by atoms with Crippen molar-refractivity contribution in [1.82, 2.24) is 4.57 Å². The summed E-state index contributed by atoms with van der Waals surface area (Å²) in [7, 11) is 0. The molecule has 6 heterocycles. The molecule has 2 unspecified atom stereocenters. The fourth-order valence-electron chi connectivity index (χ4n) is 8.36. The Kier molecular flexibility index (Phi) is 13.2. The van der Waals surface area contributed by atoms with Crippen molar-refractivity contribution in [3.05, 3.63) is 60.3 Å². The average Bonchev–Trinajstić information content (AvgIpc) is 3.93. The van der Waals surface area contributed by atoms with Crippen LogP contribution >= 0.6 is 45.3 Å². The maximum atomic E-state index is 14.2. The molecule has 8 heteroatoms. The van der Waals surface area contributed by atoms with Crippen LogP contribution in [0, 0.1) is 25.7 Å². The van der Waals surface area contributed by atoms with Crippen molar-refractivity contribution in [2.45, 2.75) is 157 Å². The fourth-order valence-corrected chi connectivity index (χ4v) is 13.1. The van der Waals surface area contributed by atoms with Gasteiger partial charge in [-0.2, -0.15) is 0 Å². The fraction of sp³-hybridized carbons (Fsp3) is 0.591. The van der Waals surface area contributed by atoms with Crippen LogP contribution in [0.2, 0.25) is 0 Å². The van der Waals surface area contributed by atoms with Crippen LogP contribution in [0.1, 0.15) is 146 Å². The number of aryl methyl sites for hydroxylation is 2. The highest BCUT2D eigenvalue weighted by molar-refractivity contribution is 7.31. The van der Waals surface area contributed by atoms with Crippen LogP contribution in [0.5, 0.6) is 5.75 Å². The number of unbranched alkanes of at least 4 members (excludes halogenated alkanes) is 6. The Labute approximate surface area is 327 Å². The Morgan fingerprint density at radius 2 is 1.21 bits per heavy atom. The molecule has 1 aliphatic heterocycles. The van der Waals surface area contributed by atoms with E-state index in [4.69, 9.17) is 4.74 Å². The van der Waals surface area contributed by atoms with Crippen molar-refractivity contribution in [3.8, 4) is 25.3 Å². The predicted molar refractivity (Wildman–Crippen MR) is 231 cm³/mol. The monoisotopic (exact) mass is 777 g/mol. The van der Waals surface area contributed by atoms with E-state index in [-0.39, 0.29) is 16.7 Å². The minimum absolute atomic E-state index is 0.143. The number of aromatic nitrogens is 1. The molecule has 0 saturated carbocycles. The first-order chi connectivity index (χ1) is 25.2. The van der Waals surface area contributed by atoms with Gasteiger partial charge in [0.25, 0.3) is 11.1 Å². The summed E-state index contributed by atoms with van der Waals surface area (Å²) in [6.07, 6.45) is 17.3. The van der Waals surface area contributed by atoms with Gasteiger partial charge in [0.2, 0.25) is 0 Å². The summed E-state index contributed by atoms with van der Waals surface area (Å²) in [5, 5.41) is 1.34. The highest BCUT2D eigenvalue weighted by atomic mass is 32.1. The Balaban J connectivity index is 1.46. The van der Waals surface area contributed by atoms with Gasteiger partial charge in [-0.05, 0) is 63.1 Å². The van der Waals surface area contributed by atoms with Gasteiger partial charge in [0, 0.05) is 37.7 Å². The third-order valence-electron chi connectivity index (χ3n) is 11.4. The summed E-state index contributed by atoms with van der Waals surface area (Å²) in [6.45, 7) is 16.3. The first-order valence-electron chi connectivity index (χ1n) is 20.2. The number of thiophene rings is 4. The molecular weight excluding hydrogens is 719 g/mol. The lowest BCUT2D eigenvalue weighted by molar-refractivity contribution is 0.00803. The van der Waals surface area contributed by atoms with E-state index in [0.29, 0.717) is 29.2 Å². The van der Waals surface area contributed by atoms with E-state index >= 15 is 0 Å². The summed E-state index contributed by atoms with van der Waals surface area (Å²) in [4.78, 5) is 35.3. The van der Waals surface area contributed by atoms with Gasteiger partial charge in [0.05, 0.1) is 29.9 Å². The molecule has 0 aromatic carbocycles. The van der Waals surface area contributed by atoms with Crippen LogP contribution in [0.3, 0.4) is 0 Å². The van der Waals surface area contributed by atoms with Gasteiger partial charge < -0.3 is 4.74 Å². The van der Waals surface area contributed by atoms with Crippen LogP contribution in [-0.2, 0) is 12.1 Å². The van der Waals surface area contributed by atoms with Gasteiger partial charge in [0.1, 0.15) is 11.4 Å². The average molecular weight is 778 g/mol. The second-order valence-corrected chi connectivity index (χ2v) is 20.0. The van der Waals surface area contributed by atoms with E-state index < -0.39 is 0 Å². The lowest BCUT2D eigenvalue weighted by Crippen LogP contribution is -2.39. The van der Waals surface area contributed by atoms with E-state index in [1.807, 2.05) is 28.7 Å². The van der Waals surface area contributed by atoms with Crippen molar-refractivity contribution in [3.63, 3.8) is 0 Å². The predicted octanol–water partition coefficient (Wildman–Crippen LogP) is 14.5. The smallest absolute Gasteiger partial charge is 0.262 e. The molecule has 5 aromatic rings. The molecule has 0 amide bonds. The summed E-state index contributed by atoms with van der Waals surface area (Å²) < 4.78 is 10.9. The minimum atomic E-state index is -0.335. The maximum absolute atomic E-state index is 14.2. The van der Waals surface area contributed by atoms with Crippen molar-refractivity contribution in [2.24, 2.45) is 11.8 Å².